The van der Waals surface area contributed by atoms with Gasteiger partial charge in [0.25, 0.3) is 0 Å². The number of hydrogen-bond acceptors (Lipinski definition) is 3. The van der Waals surface area contributed by atoms with E-state index < -0.39 is 6.10 Å². The Hall–Kier alpha value is -0.900. The van der Waals surface area contributed by atoms with Crippen molar-refractivity contribution in [2.45, 2.75) is 46.3 Å². The topological polar surface area (TPSA) is 32.7 Å². The lowest BCUT2D eigenvalue weighted by atomic mass is 9.94. The Kier molecular flexibility index (Phi) is 5.19. The average Bonchev–Trinajstić information content (AvgIpc) is 2.43. The van der Waals surface area contributed by atoms with Crippen LogP contribution in [0.5, 0.6) is 0 Å². The predicted molar refractivity (Wildman–Crippen MR) is 82.1 cm³/mol. The third-order valence-electron chi connectivity index (χ3n) is 4.27. The van der Waals surface area contributed by atoms with Gasteiger partial charge in [-0.2, -0.15) is 0 Å². The molecule has 1 N–H and O–H groups in total. The summed E-state index contributed by atoms with van der Waals surface area (Å²) in [5.41, 5.74) is 4.66. The Morgan fingerprint density at radius 2 is 1.95 bits per heavy atom. The molecule has 0 aromatic heterocycles. The molecule has 0 bridgehead atoms. The number of ether oxygens (including phenoxy) is 1. The van der Waals surface area contributed by atoms with Gasteiger partial charge in [-0.1, -0.05) is 19.1 Å². The molecule has 1 heterocycles. The van der Waals surface area contributed by atoms with Crippen molar-refractivity contribution in [3.8, 4) is 0 Å². The first-order chi connectivity index (χ1) is 9.52. The first kappa shape index (κ1) is 15.5. The Bertz CT molecular complexity index is 457. The summed E-state index contributed by atoms with van der Waals surface area (Å²) in [6.45, 7) is 12.1. The van der Waals surface area contributed by atoms with Crippen LogP contribution in [-0.2, 0) is 4.74 Å². The zero-order valence-corrected chi connectivity index (χ0v) is 13.1. The Morgan fingerprint density at radius 3 is 2.65 bits per heavy atom. The monoisotopic (exact) mass is 277 g/mol. The molecule has 3 nitrogen and oxygen atoms in total. The van der Waals surface area contributed by atoms with E-state index >= 15 is 0 Å². The summed E-state index contributed by atoms with van der Waals surface area (Å²) < 4.78 is 5.80. The van der Waals surface area contributed by atoms with Gasteiger partial charge in [0.1, 0.15) is 12.2 Å². The number of aliphatic hydroxyl groups excluding tert-OH is 1. The Labute approximate surface area is 122 Å². The fraction of sp³-hybridized carbons (Fsp3) is 0.647. The maximum Gasteiger partial charge on any atom is 0.107 e. The minimum Gasteiger partial charge on any atom is -0.386 e. The molecule has 1 aromatic carbocycles. The Balaban J connectivity index is 2.14. The number of rotatable bonds is 4. The minimum absolute atomic E-state index is 0.115. The molecule has 2 rings (SSSR count). The standard InChI is InChI=1S/C17H27NO2/c1-5-6-18-7-8-20-16(11-18)17(19)15-10-13(3)12(2)9-14(15)4/h9-10,16-17,19H,5-8,11H2,1-4H3. The quantitative estimate of drug-likeness (QED) is 0.918. The largest absolute Gasteiger partial charge is 0.386 e. The van der Waals surface area contributed by atoms with E-state index in [0.29, 0.717) is 6.61 Å². The molecular weight excluding hydrogens is 250 g/mol. The summed E-state index contributed by atoms with van der Waals surface area (Å²) in [6, 6.07) is 4.26. The molecule has 0 amide bonds. The minimum atomic E-state index is -0.533. The van der Waals surface area contributed by atoms with E-state index in [1.54, 1.807) is 0 Å². The molecule has 0 spiro atoms. The van der Waals surface area contributed by atoms with E-state index in [1.807, 2.05) is 0 Å². The number of nitrogens with zero attached hydrogens (tertiary/aromatic N) is 1. The second-order valence-electron chi connectivity index (χ2n) is 5.95. The van der Waals surface area contributed by atoms with Crippen LogP contribution in [0.4, 0.5) is 0 Å². The highest BCUT2D eigenvalue weighted by Crippen LogP contribution is 2.27. The van der Waals surface area contributed by atoms with Gasteiger partial charge in [0.15, 0.2) is 0 Å². The van der Waals surface area contributed by atoms with Gasteiger partial charge in [0.05, 0.1) is 6.61 Å². The van der Waals surface area contributed by atoms with E-state index in [9.17, 15) is 5.11 Å². The van der Waals surface area contributed by atoms with Crippen LogP contribution in [0, 0.1) is 20.8 Å². The van der Waals surface area contributed by atoms with Crippen molar-refractivity contribution in [3.63, 3.8) is 0 Å². The van der Waals surface area contributed by atoms with Gasteiger partial charge in [0, 0.05) is 13.1 Å². The average molecular weight is 277 g/mol. The predicted octanol–water partition coefficient (Wildman–Crippen LogP) is 2.76. The molecule has 1 fully saturated rings. The maximum atomic E-state index is 10.7. The zero-order valence-electron chi connectivity index (χ0n) is 13.1. The molecule has 2 unspecified atom stereocenters. The van der Waals surface area contributed by atoms with Crippen LogP contribution in [-0.4, -0.2) is 42.4 Å². The van der Waals surface area contributed by atoms with Crippen LogP contribution in [0.25, 0.3) is 0 Å². The van der Waals surface area contributed by atoms with E-state index in [-0.39, 0.29) is 6.10 Å². The molecule has 2 atom stereocenters. The van der Waals surface area contributed by atoms with Gasteiger partial charge in [-0.05, 0) is 56.0 Å². The molecule has 0 aliphatic carbocycles. The van der Waals surface area contributed by atoms with Crippen molar-refractivity contribution in [2.75, 3.05) is 26.2 Å². The second-order valence-corrected chi connectivity index (χ2v) is 5.95. The lowest BCUT2D eigenvalue weighted by Crippen LogP contribution is -2.45. The Morgan fingerprint density at radius 1 is 1.25 bits per heavy atom. The van der Waals surface area contributed by atoms with E-state index in [2.05, 4.69) is 44.7 Å². The van der Waals surface area contributed by atoms with Crippen molar-refractivity contribution in [3.05, 3.63) is 34.4 Å². The smallest absolute Gasteiger partial charge is 0.107 e. The van der Waals surface area contributed by atoms with Gasteiger partial charge >= 0.3 is 0 Å². The van der Waals surface area contributed by atoms with Crippen molar-refractivity contribution in [1.29, 1.82) is 0 Å². The molecule has 112 valence electrons. The number of hydrogen-bond donors (Lipinski definition) is 1. The molecule has 1 saturated heterocycles. The van der Waals surface area contributed by atoms with Crippen LogP contribution in [0.15, 0.2) is 12.1 Å². The van der Waals surface area contributed by atoms with Gasteiger partial charge in [-0.15, -0.1) is 0 Å². The van der Waals surface area contributed by atoms with E-state index in [4.69, 9.17) is 4.74 Å². The van der Waals surface area contributed by atoms with Crippen LogP contribution >= 0.6 is 0 Å². The molecule has 3 heteroatoms. The summed E-state index contributed by atoms with van der Waals surface area (Å²) in [6.07, 6.45) is 0.496. The highest BCUT2D eigenvalue weighted by atomic mass is 16.5. The zero-order chi connectivity index (χ0) is 14.7. The number of benzene rings is 1. The van der Waals surface area contributed by atoms with Gasteiger partial charge in [-0.3, -0.25) is 4.90 Å². The van der Waals surface area contributed by atoms with Crippen LogP contribution in [0.2, 0.25) is 0 Å². The van der Waals surface area contributed by atoms with Gasteiger partial charge in [-0.25, -0.2) is 0 Å². The number of aliphatic hydroxyl groups is 1. The summed E-state index contributed by atoms with van der Waals surface area (Å²) in [4.78, 5) is 2.38. The summed E-state index contributed by atoms with van der Waals surface area (Å²) in [5, 5.41) is 10.7. The SMILES string of the molecule is CCCN1CCOC(C(O)c2cc(C)c(C)cc2C)C1. The highest BCUT2D eigenvalue weighted by molar-refractivity contribution is 5.38. The molecular formula is C17H27NO2. The third-order valence-corrected chi connectivity index (χ3v) is 4.27. The van der Waals surface area contributed by atoms with E-state index in [0.717, 1.165) is 37.2 Å². The number of aryl methyl sites for hydroxylation is 3. The highest BCUT2D eigenvalue weighted by Gasteiger charge is 2.28. The third kappa shape index (κ3) is 3.40. The molecule has 1 aliphatic rings. The summed E-state index contributed by atoms with van der Waals surface area (Å²) in [7, 11) is 0. The lowest BCUT2D eigenvalue weighted by molar-refractivity contribution is -0.0900. The molecule has 20 heavy (non-hydrogen) atoms. The fourth-order valence-electron chi connectivity index (χ4n) is 2.94. The van der Waals surface area contributed by atoms with Gasteiger partial charge < -0.3 is 9.84 Å². The first-order valence-electron chi connectivity index (χ1n) is 7.62. The normalized spacial score (nSPS) is 21.9. The van der Waals surface area contributed by atoms with Crippen molar-refractivity contribution in [2.24, 2.45) is 0 Å². The molecule has 0 saturated carbocycles. The second kappa shape index (κ2) is 6.70. The summed E-state index contributed by atoms with van der Waals surface area (Å²) >= 11 is 0. The fourth-order valence-corrected chi connectivity index (χ4v) is 2.94. The molecule has 0 radical (unpaired) electrons. The molecule has 1 aliphatic heterocycles. The lowest BCUT2D eigenvalue weighted by Gasteiger charge is -2.35. The first-order valence-corrected chi connectivity index (χ1v) is 7.62. The van der Waals surface area contributed by atoms with Crippen LogP contribution < -0.4 is 0 Å². The van der Waals surface area contributed by atoms with Gasteiger partial charge in [0.2, 0.25) is 0 Å². The van der Waals surface area contributed by atoms with Crippen molar-refractivity contribution >= 4 is 0 Å². The van der Waals surface area contributed by atoms with E-state index in [1.165, 1.54) is 11.1 Å². The maximum absolute atomic E-state index is 10.7. The van der Waals surface area contributed by atoms with Crippen molar-refractivity contribution < 1.29 is 9.84 Å². The van der Waals surface area contributed by atoms with Crippen LogP contribution in [0.3, 0.4) is 0 Å². The summed E-state index contributed by atoms with van der Waals surface area (Å²) in [5.74, 6) is 0. The molecule has 1 aromatic rings. The van der Waals surface area contributed by atoms with Crippen LogP contribution in [0.1, 0.15) is 41.7 Å². The number of morpholine rings is 1. The van der Waals surface area contributed by atoms with Crippen molar-refractivity contribution in [1.82, 2.24) is 4.90 Å².